The molecule has 0 aliphatic heterocycles. The first kappa shape index (κ1) is 23.0. The van der Waals surface area contributed by atoms with E-state index in [4.69, 9.17) is 9.73 Å². The zero-order chi connectivity index (χ0) is 23.4. The molecule has 1 aliphatic carbocycles. The van der Waals surface area contributed by atoms with E-state index in [-0.39, 0.29) is 12.6 Å². The second kappa shape index (κ2) is 10.2. The van der Waals surface area contributed by atoms with Gasteiger partial charge in [0.15, 0.2) is 17.4 Å². The van der Waals surface area contributed by atoms with Crippen LogP contribution in [0.4, 0.5) is 24.9 Å². The minimum atomic E-state index is -1.30. The molecule has 4 rings (SSSR count). The maximum atomic E-state index is 13.6. The number of hydrogen-bond acceptors (Lipinski definition) is 6. The molecule has 33 heavy (non-hydrogen) atoms. The molecule has 0 spiro atoms. The Balaban J connectivity index is 1.31. The molecule has 0 amide bonds. The van der Waals surface area contributed by atoms with E-state index in [1.165, 1.54) is 0 Å². The highest BCUT2D eigenvalue weighted by molar-refractivity contribution is 5.91. The number of benzene rings is 2. The number of anilines is 1. The lowest BCUT2D eigenvalue weighted by molar-refractivity contribution is 0.268. The van der Waals surface area contributed by atoms with Gasteiger partial charge in [-0.1, -0.05) is 12.1 Å². The van der Waals surface area contributed by atoms with E-state index in [1.54, 1.807) is 0 Å². The third-order valence-electron chi connectivity index (χ3n) is 5.60. The van der Waals surface area contributed by atoms with Crippen molar-refractivity contribution in [3.8, 4) is 5.75 Å². The van der Waals surface area contributed by atoms with Crippen molar-refractivity contribution in [2.75, 3.05) is 32.1 Å². The average Bonchev–Trinajstić information content (AvgIpc) is 2.81. The van der Waals surface area contributed by atoms with Crippen molar-refractivity contribution in [1.82, 2.24) is 15.3 Å². The van der Waals surface area contributed by atoms with E-state index in [2.05, 4.69) is 15.3 Å². The Bertz CT molecular complexity index is 1160. The van der Waals surface area contributed by atoms with E-state index in [0.29, 0.717) is 12.5 Å². The zero-order valence-electron chi connectivity index (χ0n) is 18.6. The molecule has 0 unspecified atom stereocenters. The maximum absolute atomic E-state index is 13.6. The van der Waals surface area contributed by atoms with E-state index in [9.17, 15) is 13.2 Å². The van der Waals surface area contributed by atoms with Crippen LogP contribution in [0, 0.1) is 17.5 Å². The molecule has 174 valence electrons. The summed E-state index contributed by atoms with van der Waals surface area (Å²) in [4.78, 5) is 15.9. The second-order valence-corrected chi connectivity index (χ2v) is 8.19. The van der Waals surface area contributed by atoms with E-state index >= 15 is 0 Å². The molecule has 0 atom stereocenters. The van der Waals surface area contributed by atoms with Gasteiger partial charge in [-0.2, -0.15) is 9.37 Å². The van der Waals surface area contributed by atoms with Crippen molar-refractivity contribution < 1.29 is 17.9 Å². The van der Waals surface area contributed by atoms with Crippen LogP contribution in [0.25, 0.3) is 10.9 Å². The quantitative estimate of drug-likeness (QED) is 0.408. The molecule has 2 aromatic carbocycles. The Morgan fingerprint density at radius 3 is 2.52 bits per heavy atom. The van der Waals surface area contributed by atoms with Gasteiger partial charge in [0, 0.05) is 37.8 Å². The number of fused-ring (bicyclic) bond motifs is 1. The van der Waals surface area contributed by atoms with E-state index in [0.717, 1.165) is 60.2 Å². The summed E-state index contributed by atoms with van der Waals surface area (Å²) >= 11 is 0. The highest BCUT2D eigenvalue weighted by atomic mass is 19.2. The summed E-state index contributed by atoms with van der Waals surface area (Å²) in [6.45, 7) is 0.430. The van der Waals surface area contributed by atoms with Gasteiger partial charge in [0.25, 0.3) is 5.95 Å². The van der Waals surface area contributed by atoms with Crippen molar-refractivity contribution in [2.45, 2.75) is 31.7 Å². The fourth-order valence-electron chi connectivity index (χ4n) is 3.90. The molecule has 1 N–H and O–H groups in total. The van der Waals surface area contributed by atoms with Crippen molar-refractivity contribution in [3.63, 3.8) is 0 Å². The molecule has 1 aliphatic rings. The number of rotatable bonds is 7. The summed E-state index contributed by atoms with van der Waals surface area (Å²) in [5, 5.41) is 4.31. The molecule has 1 aromatic heterocycles. The Labute approximate surface area is 190 Å². The summed E-state index contributed by atoms with van der Waals surface area (Å²) in [6.07, 6.45) is 3.35. The first-order chi connectivity index (χ1) is 15.9. The van der Waals surface area contributed by atoms with Crippen LogP contribution in [-0.2, 0) is 0 Å². The fourth-order valence-corrected chi connectivity index (χ4v) is 3.90. The Hall–Kier alpha value is -3.20. The van der Waals surface area contributed by atoms with Crippen LogP contribution in [0.5, 0.6) is 5.75 Å². The molecule has 0 radical (unpaired) electrons. The summed E-state index contributed by atoms with van der Waals surface area (Å²) in [5.41, 5.74) is 1.91. The van der Waals surface area contributed by atoms with Gasteiger partial charge in [-0.15, -0.1) is 0 Å². The molecular formula is C24H26F3N5O. The molecule has 9 heteroatoms. The Kier molecular flexibility index (Phi) is 7.08. The molecule has 0 saturated heterocycles. The minimum Gasteiger partial charge on any atom is -0.486 e. The van der Waals surface area contributed by atoms with Crippen LogP contribution in [0.3, 0.4) is 0 Å². The number of nitrogens with one attached hydrogen (secondary N) is 1. The zero-order valence-corrected chi connectivity index (χ0v) is 18.6. The van der Waals surface area contributed by atoms with Crippen LogP contribution in [-0.4, -0.2) is 49.0 Å². The SMILES string of the molecule is CN(C)c1nc(N=C2CCC(NCCOc3c(F)ccc(F)c3F)CC2)nc2ccccc12. The summed E-state index contributed by atoms with van der Waals surface area (Å²) in [7, 11) is 3.90. The molecule has 1 saturated carbocycles. The van der Waals surface area contributed by atoms with Gasteiger partial charge in [0.1, 0.15) is 12.4 Å². The highest BCUT2D eigenvalue weighted by Crippen LogP contribution is 2.26. The van der Waals surface area contributed by atoms with Crippen molar-refractivity contribution >= 4 is 28.4 Å². The summed E-state index contributed by atoms with van der Waals surface area (Å²) < 4.78 is 45.6. The van der Waals surface area contributed by atoms with Crippen LogP contribution >= 0.6 is 0 Å². The van der Waals surface area contributed by atoms with E-state index in [1.807, 2.05) is 43.3 Å². The number of aliphatic imine (C=N–C) groups is 1. The van der Waals surface area contributed by atoms with Crippen molar-refractivity contribution in [2.24, 2.45) is 4.99 Å². The fraction of sp³-hybridized carbons (Fsp3) is 0.375. The van der Waals surface area contributed by atoms with Crippen LogP contribution < -0.4 is 15.0 Å². The predicted octanol–water partition coefficient (Wildman–Crippen LogP) is 4.80. The molecule has 1 fully saturated rings. The standard InChI is InChI=1S/C24H26F3N5O/c1-32(2)23-17-5-3-4-6-20(17)30-24(31-23)29-16-9-7-15(8-10-16)28-13-14-33-22-19(26)12-11-18(25)21(22)27/h3-6,11-12,15,28H,7-10,13-14H2,1-2H3. The van der Waals surface area contributed by atoms with Gasteiger partial charge in [0.2, 0.25) is 5.82 Å². The number of aromatic nitrogens is 2. The molecule has 6 nitrogen and oxygen atoms in total. The third kappa shape index (κ3) is 5.42. The number of ether oxygens (including phenoxy) is 1. The monoisotopic (exact) mass is 457 g/mol. The van der Waals surface area contributed by atoms with Crippen LogP contribution in [0.2, 0.25) is 0 Å². The lowest BCUT2D eigenvalue weighted by Crippen LogP contribution is -2.36. The second-order valence-electron chi connectivity index (χ2n) is 8.19. The summed E-state index contributed by atoms with van der Waals surface area (Å²) in [6, 6.07) is 9.70. The average molecular weight is 458 g/mol. The predicted molar refractivity (Wildman–Crippen MR) is 123 cm³/mol. The van der Waals surface area contributed by atoms with Crippen LogP contribution in [0.1, 0.15) is 25.7 Å². The topological polar surface area (TPSA) is 62.6 Å². The minimum absolute atomic E-state index is 0.0347. The van der Waals surface area contributed by atoms with Gasteiger partial charge in [-0.05, 0) is 49.9 Å². The van der Waals surface area contributed by atoms with Crippen molar-refractivity contribution in [1.29, 1.82) is 0 Å². The maximum Gasteiger partial charge on any atom is 0.251 e. The first-order valence-electron chi connectivity index (χ1n) is 10.9. The number of para-hydroxylation sites is 1. The van der Waals surface area contributed by atoms with Gasteiger partial charge >= 0.3 is 0 Å². The lowest BCUT2D eigenvalue weighted by atomic mass is 9.93. The van der Waals surface area contributed by atoms with Crippen molar-refractivity contribution in [3.05, 3.63) is 53.8 Å². The normalized spacial score (nSPS) is 16.2. The molecule has 0 bridgehead atoms. The lowest BCUT2D eigenvalue weighted by Gasteiger charge is -2.24. The molecule has 1 heterocycles. The largest absolute Gasteiger partial charge is 0.486 e. The van der Waals surface area contributed by atoms with E-state index < -0.39 is 23.2 Å². The summed E-state index contributed by atoms with van der Waals surface area (Å²) in [5.74, 6) is -2.73. The van der Waals surface area contributed by atoms with Gasteiger partial charge in [-0.25, -0.2) is 18.8 Å². The number of hydrogen-bond donors (Lipinski definition) is 1. The number of halogens is 3. The Morgan fingerprint density at radius 2 is 1.76 bits per heavy atom. The third-order valence-corrected chi connectivity index (χ3v) is 5.60. The first-order valence-corrected chi connectivity index (χ1v) is 10.9. The Morgan fingerprint density at radius 1 is 1.03 bits per heavy atom. The van der Waals surface area contributed by atoms with Gasteiger partial charge in [0.05, 0.1) is 5.52 Å². The van der Waals surface area contributed by atoms with Gasteiger partial charge < -0.3 is 15.0 Å². The highest BCUT2D eigenvalue weighted by Gasteiger charge is 2.19. The van der Waals surface area contributed by atoms with Gasteiger partial charge in [-0.3, -0.25) is 0 Å². The molecule has 3 aromatic rings. The number of nitrogens with zero attached hydrogens (tertiary/aromatic N) is 4. The molecular weight excluding hydrogens is 431 g/mol. The smallest absolute Gasteiger partial charge is 0.251 e. The van der Waals surface area contributed by atoms with Crippen LogP contribution in [0.15, 0.2) is 41.4 Å².